The third-order valence-corrected chi connectivity index (χ3v) is 11.7. The largest absolute Gasteiger partial charge is 0.453 e. The molecule has 0 saturated carbocycles. The number of nitrogens with zero attached hydrogens (tertiary/aromatic N) is 1. The number of benzene rings is 4. The Balaban J connectivity index is 1.16. The van der Waals surface area contributed by atoms with Gasteiger partial charge in [0.15, 0.2) is 5.58 Å². The van der Waals surface area contributed by atoms with Crippen LogP contribution in [0.1, 0.15) is 76.5 Å². The molecule has 264 valence electrons. The maximum atomic E-state index is 7.13. The van der Waals surface area contributed by atoms with Gasteiger partial charge in [0.05, 0.1) is 5.69 Å². The van der Waals surface area contributed by atoms with Gasteiger partial charge in [-0.3, -0.25) is 0 Å². The predicted octanol–water partition coefficient (Wildman–Crippen LogP) is 14.4. The molecule has 0 aliphatic heterocycles. The highest BCUT2D eigenvalue weighted by Gasteiger charge is 2.37. The second-order valence-electron chi connectivity index (χ2n) is 15.3. The van der Waals surface area contributed by atoms with Gasteiger partial charge in [0.2, 0.25) is 0 Å². The van der Waals surface area contributed by atoms with Gasteiger partial charge in [-0.05, 0) is 120 Å². The van der Waals surface area contributed by atoms with Crippen molar-refractivity contribution in [3.63, 3.8) is 0 Å². The van der Waals surface area contributed by atoms with Gasteiger partial charge < -0.3 is 9.32 Å². The Morgan fingerprint density at radius 2 is 1.43 bits per heavy atom. The minimum absolute atomic E-state index is 0.0890. The Morgan fingerprint density at radius 3 is 2.13 bits per heavy atom. The van der Waals surface area contributed by atoms with Gasteiger partial charge in [-0.15, -0.1) is 0 Å². The summed E-state index contributed by atoms with van der Waals surface area (Å²) in [7, 11) is 0. The second kappa shape index (κ2) is 13.7. The Hall–Kier alpha value is -6.04. The zero-order valence-electron chi connectivity index (χ0n) is 31.7. The Bertz CT molecular complexity index is 2580. The van der Waals surface area contributed by atoms with Crippen LogP contribution in [0, 0.1) is 12.1 Å². The van der Waals surface area contributed by atoms with Crippen LogP contribution in [0.3, 0.4) is 0 Å². The number of rotatable bonds is 8. The Morgan fingerprint density at radius 1 is 0.704 bits per heavy atom. The van der Waals surface area contributed by atoms with Crippen LogP contribution in [0.15, 0.2) is 166 Å². The third kappa shape index (κ3) is 5.76. The fourth-order valence-corrected chi connectivity index (χ4v) is 8.88. The van der Waals surface area contributed by atoms with Crippen molar-refractivity contribution in [2.75, 3.05) is 4.90 Å². The number of hydrogen-bond acceptors (Lipinski definition) is 2. The van der Waals surface area contributed by atoms with Crippen LogP contribution in [-0.2, 0) is 5.41 Å². The molecule has 0 unspecified atom stereocenters. The van der Waals surface area contributed by atoms with E-state index in [9.17, 15) is 0 Å². The molecule has 0 atom stereocenters. The smallest absolute Gasteiger partial charge is 0.159 e. The van der Waals surface area contributed by atoms with E-state index in [1.165, 1.54) is 61.2 Å². The number of fused-ring (bicyclic) bond motifs is 5. The van der Waals surface area contributed by atoms with Crippen molar-refractivity contribution in [3.05, 3.63) is 191 Å². The molecule has 0 N–H and O–H groups in total. The minimum Gasteiger partial charge on any atom is -0.453 e. The Labute approximate surface area is 319 Å². The van der Waals surface area contributed by atoms with E-state index < -0.39 is 0 Å². The molecule has 0 saturated heterocycles. The van der Waals surface area contributed by atoms with Crippen molar-refractivity contribution in [2.45, 2.75) is 65.2 Å². The monoisotopic (exact) mass is 699 g/mol. The molecule has 0 spiro atoms. The molecule has 3 aliphatic carbocycles. The van der Waals surface area contributed by atoms with Crippen molar-refractivity contribution in [2.24, 2.45) is 0 Å². The maximum absolute atomic E-state index is 7.13. The van der Waals surface area contributed by atoms with E-state index in [1.807, 2.05) is 12.1 Å². The lowest BCUT2D eigenvalue weighted by Crippen LogP contribution is -2.18. The first kappa shape index (κ1) is 33.8. The molecule has 6 aromatic rings. The van der Waals surface area contributed by atoms with E-state index in [2.05, 4.69) is 172 Å². The van der Waals surface area contributed by atoms with Crippen LogP contribution >= 0.6 is 0 Å². The molecule has 9 rings (SSSR count). The molecular weight excluding hydrogens is 655 g/mol. The normalized spacial score (nSPS) is 16.6. The summed E-state index contributed by atoms with van der Waals surface area (Å²) >= 11 is 0. The van der Waals surface area contributed by atoms with E-state index in [-0.39, 0.29) is 5.41 Å². The number of hydrogen-bond donors (Lipinski definition) is 0. The molecule has 2 nitrogen and oxygen atoms in total. The molecule has 0 amide bonds. The summed E-state index contributed by atoms with van der Waals surface area (Å²) in [4.78, 5) is 2.43. The van der Waals surface area contributed by atoms with Gasteiger partial charge in [-0.2, -0.15) is 0 Å². The topological polar surface area (TPSA) is 16.4 Å². The van der Waals surface area contributed by atoms with Crippen molar-refractivity contribution in [1.82, 2.24) is 0 Å². The van der Waals surface area contributed by atoms with Crippen LogP contribution in [0.4, 0.5) is 11.4 Å². The zero-order valence-corrected chi connectivity index (χ0v) is 31.7. The minimum atomic E-state index is -0.0890. The summed E-state index contributed by atoms with van der Waals surface area (Å²) in [6, 6.07) is 43.4. The summed E-state index contributed by atoms with van der Waals surface area (Å²) in [5, 5.41) is 2.32. The zero-order chi connectivity index (χ0) is 36.8. The molecule has 0 fully saturated rings. The predicted molar refractivity (Wildman–Crippen MR) is 228 cm³/mol. The van der Waals surface area contributed by atoms with Gasteiger partial charge in [0, 0.05) is 38.7 Å². The van der Waals surface area contributed by atoms with Gasteiger partial charge in [0.25, 0.3) is 0 Å². The summed E-state index contributed by atoms with van der Waals surface area (Å²) in [5.41, 5.74) is 18.3. The number of anilines is 2. The molecule has 1 heterocycles. The van der Waals surface area contributed by atoms with Crippen molar-refractivity contribution in [3.8, 4) is 11.1 Å². The molecular formula is C52H45NO. The van der Waals surface area contributed by atoms with Gasteiger partial charge in [0.1, 0.15) is 5.58 Å². The van der Waals surface area contributed by atoms with Crippen molar-refractivity contribution in [1.29, 1.82) is 0 Å². The first-order valence-electron chi connectivity index (χ1n) is 19.4. The van der Waals surface area contributed by atoms with Crippen LogP contribution in [0.2, 0.25) is 0 Å². The average molecular weight is 700 g/mol. The van der Waals surface area contributed by atoms with E-state index in [4.69, 9.17) is 4.42 Å². The lowest BCUT2D eigenvalue weighted by atomic mass is 9.81. The molecule has 54 heavy (non-hydrogen) atoms. The molecule has 3 aliphatic rings. The summed E-state index contributed by atoms with van der Waals surface area (Å²) < 4.78 is 7.13. The molecule has 0 radical (unpaired) electrons. The van der Waals surface area contributed by atoms with Crippen LogP contribution < -0.4 is 4.90 Å². The fourth-order valence-electron chi connectivity index (χ4n) is 8.88. The van der Waals surface area contributed by atoms with Crippen molar-refractivity contribution >= 4 is 44.5 Å². The molecule has 1 aromatic heterocycles. The quantitative estimate of drug-likeness (QED) is 0.157. The number of allylic oxidation sites excluding steroid dienone is 12. The number of furan rings is 1. The van der Waals surface area contributed by atoms with Crippen LogP contribution in [-0.4, -0.2) is 0 Å². The maximum Gasteiger partial charge on any atom is 0.159 e. The molecule has 5 aromatic carbocycles. The lowest BCUT2D eigenvalue weighted by molar-refractivity contribution is 0.645. The van der Waals surface area contributed by atoms with E-state index >= 15 is 0 Å². The first-order valence-corrected chi connectivity index (χ1v) is 19.4. The van der Waals surface area contributed by atoms with E-state index in [0.717, 1.165) is 65.6 Å². The summed E-state index contributed by atoms with van der Waals surface area (Å²) in [6.45, 7) is 9.15. The molecule has 0 bridgehead atoms. The van der Waals surface area contributed by atoms with Gasteiger partial charge in [-0.1, -0.05) is 136 Å². The average Bonchev–Trinajstić information content (AvgIpc) is 3.70. The van der Waals surface area contributed by atoms with Crippen LogP contribution in [0.25, 0.3) is 44.2 Å². The first-order chi connectivity index (χ1) is 26.4. The SMILES string of the molecule is CC/C=C\C1=C(C)c2c(ccc3c2oc2c(N(C4=CC=C(C5=CC=C(c6c#cccc6)CC5)CC4)c4ccc(-c5ccccc5)cc4)cccc23)C1(C)C. The highest BCUT2D eigenvalue weighted by Crippen LogP contribution is 2.52. The van der Waals surface area contributed by atoms with Gasteiger partial charge in [-0.25, -0.2) is 0 Å². The standard InChI is InChI=1S/C52H45NO/c1-5-6-19-46-35(2)49-47(52(46,3)4)34-33-45-44-18-13-20-48(50(44)54-51(45)49)53(42-29-25-40(26-30-42)37-16-11-8-12-17-37)43-31-27-41(28-32-43)39-23-21-38(22-24-39)36-14-9-7-10-15-36/h6-9,11-14,16-21,23,25-27,29-31,33-34H,5,22,24,28,32H2,1-4H3/b19-6-. The third-order valence-electron chi connectivity index (χ3n) is 11.7. The van der Waals surface area contributed by atoms with E-state index in [1.54, 1.807) is 0 Å². The Kier molecular flexibility index (Phi) is 8.59. The summed E-state index contributed by atoms with van der Waals surface area (Å²) in [6.07, 6.45) is 18.9. The highest BCUT2D eigenvalue weighted by atomic mass is 16.3. The van der Waals surface area contributed by atoms with E-state index in [0.29, 0.717) is 0 Å². The lowest BCUT2D eigenvalue weighted by Gasteiger charge is -2.30. The number of para-hydroxylation sites is 1. The van der Waals surface area contributed by atoms with Crippen LogP contribution in [0.5, 0.6) is 0 Å². The fraction of sp³-hybridized carbons (Fsp3) is 0.192. The summed E-state index contributed by atoms with van der Waals surface area (Å²) in [5.74, 6) is 0. The molecule has 2 heteroatoms. The van der Waals surface area contributed by atoms with Crippen molar-refractivity contribution < 1.29 is 4.42 Å². The second-order valence-corrected chi connectivity index (χ2v) is 15.3. The highest BCUT2D eigenvalue weighted by molar-refractivity contribution is 6.13. The van der Waals surface area contributed by atoms with Gasteiger partial charge >= 0.3 is 0 Å².